The summed E-state index contributed by atoms with van der Waals surface area (Å²) in [5.41, 5.74) is 1.20. The highest BCUT2D eigenvalue weighted by Gasteiger charge is 2.25. The molecule has 2 nitrogen and oxygen atoms in total. The molecule has 2 unspecified atom stereocenters. The van der Waals surface area contributed by atoms with Crippen molar-refractivity contribution in [2.45, 2.75) is 36.4 Å². The fraction of sp³-hybridized carbons (Fsp3) is 0.700. The zero-order valence-corrected chi connectivity index (χ0v) is 10.6. The second-order valence-electron chi connectivity index (χ2n) is 3.96. The average molecular weight is 278 g/mol. The molecule has 1 fully saturated rings. The molecule has 0 aliphatic heterocycles. The van der Waals surface area contributed by atoms with Crippen LogP contribution in [0.4, 0.5) is 0 Å². The maximum atomic E-state index is 6.13. The van der Waals surface area contributed by atoms with Gasteiger partial charge in [0.25, 0.3) is 0 Å². The minimum absolute atomic E-state index is 0.577. The van der Waals surface area contributed by atoms with Gasteiger partial charge >= 0.3 is 0 Å². The van der Waals surface area contributed by atoms with E-state index in [0.29, 0.717) is 10.7 Å². The molecule has 1 aromatic rings. The van der Waals surface area contributed by atoms with Crippen LogP contribution in [-0.4, -0.2) is 14.6 Å². The molecule has 1 saturated carbocycles. The van der Waals surface area contributed by atoms with Crippen molar-refractivity contribution >= 4 is 27.5 Å². The molecular formula is C10H14BrClN2. The molecule has 0 radical (unpaired) electrons. The molecule has 0 bridgehead atoms. The first-order valence-electron chi connectivity index (χ1n) is 5.00. The number of aromatic nitrogens is 2. The topological polar surface area (TPSA) is 17.8 Å². The molecule has 4 heteroatoms. The summed E-state index contributed by atoms with van der Waals surface area (Å²) in [5, 5.41) is 5.00. The number of hydrogen-bond donors (Lipinski definition) is 0. The molecule has 0 amide bonds. The second-order valence-corrected chi connectivity index (χ2v) is 5.66. The van der Waals surface area contributed by atoms with Crippen LogP contribution in [0.25, 0.3) is 0 Å². The standard InChI is InChI=1S/C10H14BrClN2/c1-14-10(9(12)6-13-14)7-3-2-4-8(11)5-7/h6-8H,2-5H2,1H3. The smallest absolute Gasteiger partial charge is 0.0820 e. The number of hydrogen-bond acceptors (Lipinski definition) is 1. The van der Waals surface area contributed by atoms with E-state index in [-0.39, 0.29) is 0 Å². The van der Waals surface area contributed by atoms with Crippen molar-refractivity contribution in [1.29, 1.82) is 0 Å². The van der Waals surface area contributed by atoms with Gasteiger partial charge < -0.3 is 0 Å². The van der Waals surface area contributed by atoms with E-state index in [1.54, 1.807) is 6.20 Å². The van der Waals surface area contributed by atoms with E-state index in [1.807, 2.05) is 11.7 Å². The minimum atomic E-state index is 0.577. The molecule has 14 heavy (non-hydrogen) atoms. The Labute approximate surface area is 97.8 Å². The molecule has 1 aromatic heterocycles. The van der Waals surface area contributed by atoms with Gasteiger partial charge in [-0.3, -0.25) is 4.68 Å². The predicted molar refractivity (Wildman–Crippen MR) is 62.1 cm³/mol. The Balaban J connectivity index is 2.21. The number of halogens is 2. The van der Waals surface area contributed by atoms with Gasteiger partial charge in [-0.15, -0.1) is 0 Å². The molecule has 78 valence electrons. The van der Waals surface area contributed by atoms with E-state index in [9.17, 15) is 0 Å². The summed E-state index contributed by atoms with van der Waals surface area (Å²) in [6, 6.07) is 0. The average Bonchev–Trinajstić information content (AvgIpc) is 2.46. The molecule has 2 rings (SSSR count). The van der Waals surface area contributed by atoms with Crippen LogP contribution in [-0.2, 0) is 7.05 Å². The third-order valence-electron chi connectivity index (χ3n) is 2.93. The first-order chi connectivity index (χ1) is 6.68. The molecule has 1 aliphatic rings. The van der Waals surface area contributed by atoms with Gasteiger partial charge in [0, 0.05) is 17.8 Å². The van der Waals surface area contributed by atoms with E-state index < -0.39 is 0 Å². The summed E-state index contributed by atoms with van der Waals surface area (Å²) >= 11 is 9.82. The Hall–Kier alpha value is -0.0200. The fourth-order valence-corrected chi connectivity index (χ4v) is 3.35. The SMILES string of the molecule is Cn1ncc(Cl)c1C1CCCC(Br)C1. The van der Waals surface area contributed by atoms with E-state index in [2.05, 4.69) is 21.0 Å². The van der Waals surface area contributed by atoms with Gasteiger partial charge in [-0.25, -0.2) is 0 Å². The van der Waals surface area contributed by atoms with Crippen molar-refractivity contribution in [1.82, 2.24) is 9.78 Å². The minimum Gasteiger partial charge on any atom is -0.271 e. The molecule has 0 aromatic carbocycles. The van der Waals surface area contributed by atoms with Crippen molar-refractivity contribution in [3.05, 3.63) is 16.9 Å². The Bertz CT molecular complexity index is 304. The van der Waals surface area contributed by atoms with Crippen molar-refractivity contribution in [2.75, 3.05) is 0 Å². The lowest BCUT2D eigenvalue weighted by molar-refractivity contribution is 0.437. The zero-order chi connectivity index (χ0) is 10.1. The number of aryl methyl sites for hydroxylation is 1. The van der Waals surface area contributed by atoms with Gasteiger partial charge in [0.2, 0.25) is 0 Å². The van der Waals surface area contributed by atoms with Crippen LogP contribution in [0.15, 0.2) is 6.20 Å². The van der Waals surface area contributed by atoms with Crippen LogP contribution >= 0.6 is 27.5 Å². The van der Waals surface area contributed by atoms with Crippen molar-refractivity contribution < 1.29 is 0 Å². The zero-order valence-electron chi connectivity index (χ0n) is 8.21. The van der Waals surface area contributed by atoms with Crippen LogP contribution in [0.5, 0.6) is 0 Å². The van der Waals surface area contributed by atoms with Crippen molar-refractivity contribution in [2.24, 2.45) is 7.05 Å². The van der Waals surface area contributed by atoms with Gasteiger partial charge in [0.1, 0.15) is 0 Å². The van der Waals surface area contributed by atoms with E-state index >= 15 is 0 Å². The van der Waals surface area contributed by atoms with Crippen molar-refractivity contribution in [3.8, 4) is 0 Å². The Kier molecular flexibility index (Phi) is 3.17. The van der Waals surface area contributed by atoms with Crippen LogP contribution < -0.4 is 0 Å². The first-order valence-corrected chi connectivity index (χ1v) is 6.29. The maximum absolute atomic E-state index is 6.13. The molecule has 0 N–H and O–H groups in total. The quantitative estimate of drug-likeness (QED) is 0.719. The van der Waals surface area contributed by atoms with Crippen LogP contribution in [0.1, 0.15) is 37.3 Å². The molecule has 1 aliphatic carbocycles. The Morgan fingerprint density at radius 1 is 1.57 bits per heavy atom. The van der Waals surface area contributed by atoms with Gasteiger partial charge in [-0.05, 0) is 19.3 Å². The monoisotopic (exact) mass is 276 g/mol. The second kappa shape index (κ2) is 4.23. The van der Waals surface area contributed by atoms with Crippen molar-refractivity contribution in [3.63, 3.8) is 0 Å². The summed E-state index contributed by atoms with van der Waals surface area (Å²) in [5.74, 6) is 0.577. The normalized spacial score (nSPS) is 27.9. The largest absolute Gasteiger partial charge is 0.271 e. The summed E-state index contributed by atoms with van der Waals surface area (Å²) in [7, 11) is 1.97. The maximum Gasteiger partial charge on any atom is 0.0820 e. The molecule has 2 atom stereocenters. The van der Waals surface area contributed by atoms with E-state index in [0.717, 1.165) is 5.02 Å². The number of nitrogens with zero attached hydrogens (tertiary/aromatic N) is 2. The Morgan fingerprint density at radius 3 is 2.93 bits per heavy atom. The van der Waals surface area contributed by atoms with E-state index in [1.165, 1.54) is 31.4 Å². The number of alkyl halides is 1. The highest BCUT2D eigenvalue weighted by atomic mass is 79.9. The first kappa shape index (κ1) is 10.5. The summed E-state index contributed by atoms with van der Waals surface area (Å²) in [6.45, 7) is 0. The molecule has 0 spiro atoms. The third kappa shape index (κ3) is 1.98. The van der Waals surface area contributed by atoms with Gasteiger partial charge in [-0.2, -0.15) is 5.10 Å². The lowest BCUT2D eigenvalue weighted by atomic mass is 9.87. The van der Waals surface area contributed by atoms with E-state index in [4.69, 9.17) is 11.6 Å². The van der Waals surface area contributed by atoms with Gasteiger partial charge in [0.05, 0.1) is 16.9 Å². The highest BCUT2D eigenvalue weighted by molar-refractivity contribution is 9.09. The van der Waals surface area contributed by atoms with Crippen LogP contribution in [0, 0.1) is 0 Å². The summed E-state index contributed by atoms with van der Waals surface area (Å²) < 4.78 is 1.91. The predicted octanol–water partition coefficient (Wildman–Crippen LogP) is 3.49. The number of rotatable bonds is 1. The lowest BCUT2D eigenvalue weighted by Gasteiger charge is -2.25. The van der Waals surface area contributed by atoms with Crippen LogP contribution in [0.2, 0.25) is 5.02 Å². The third-order valence-corrected chi connectivity index (χ3v) is 4.06. The fourth-order valence-electron chi connectivity index (χ4n) is 2.26. The molecular weight excluding hydrogens is 263 g/mol. The summed E-state index contributed by atoms with van der Waals surface area (Å²) in [4.78, 5) is 0.646. The molecule has 1 heterocycles. The van der Waals surface area contributed by atoms with Gasteiger partial charge in [0.15, 0.2) is 0 Å². The highest BCUT2D eigenvalue weighted by Crippen LogP contribution is 2.38. The summed E-state index contributed by atoms with van der Waals surface area (Å²) in [6.07, 6.45) is 6.73. The van der Waals surface area contributed by atoms with Gasteiger partial charge in [-0.1, -0.05) is 34.0 Å². The molecule has 0 saturated heterocycles. The van der Waals surface area contributed by atoms with Crippen LogP contribution in [0.3, 0.4) is 0 Å². The lowest BCUT2D eigenvalue weighted by Crippen LogP contribution is -2.16. The Morgan fingerprint density at radius 2 is 2.36 bits per heavy atom.